The van der Waals surface area contributed by atoms with Crippen molar-refractivity contribution in [2.45, 2.75) is 19.8 Å². The molecular weight excluding hydrogens is 140 g/mol. The van der Waals surface area contributed by atoms with Crippen LogP contribution in [0.25, 0.3) is 0 Å². The van der Waals surface area contributed by atoms with E-state index in [1.165, 1.54) is 0 Å². The van der Waals surface area contributed by atoms with Crippen LogP contribution in [0.1, 0.15) is 19.8 Å². The molecule has 0 bridgehead atoms. The first-order valence-electron chi connectivity index (χ1n) is 4.24. The highest BCUT2D eigenvalue weighted by Crippen LogP contribution is 2.16. The van der Waals surface area contributed by atoms with Crippen LogP contribution in [0.15, 0.2) is 0 Å². The Balaban J connectivity index is 2.44. The minimum atomic E-state index is 0.218. The van der Waals surface area contributed by atoms with Crippen LogP contribution in [-0.2, 0) is 4.79 Å². The molecule has 3 heteroatoms. The van der Waals surface area contributed by atoms with Crippen molar-refractivity contribution < 1.29 is 4.79 Å². The second-order valence-electron chi connectivity index (χ2n) is 3.16. The Morgan fingerprint density at radius 2 is 2.45 bits per heavy atom. The molecule has 0 radical (unpaired) electrons. The summed E-state index contributed by atoms with van der Waals surface area (Å²) < 4.78 is 0. The summed E-state index contributed by atoms with van der Waals surface area (Å²) in [4.78, 5) is 13.3. The lowest BCUT2D eigenvalue weighted by Gasteiger charge is -2.30. The number of rotatable bonds is 2. The van der Waals surface area contributed by atoms with E-state index in [1.807, 2.05) is 11.8 Å². The molecule has 0 aliphatic carbocycles. The maximum Gasteiger partial charge on any atom is 0.225 e. The summed E-state index contributed by atoms with van der Waals surface area (Å²) in [5, 5.41) is 0. The molecule has 1 heterocycles. The number of nitrogens with two attached hydrogens (primary N) is 1. The van der Waals surface area contributed by atoms with Crippen LogP contribution in [0.2, 0.25) is 0 Å². The van der Waals surface area contributed by atoms with Crippen molar-refractivity contribution in [2.24, 2.45) is 11.7 Å². The lowest BCUT2D eigenvalue weighted by atomic mass is 9.99. The van der Waals surface area contributed by atoms with Gasteiger partial charge in [-0.2, -0.15) is 0 Å². The molecule has 1 saturated heterocycles. The minimum absolute atomic E-state index is 0.218. The first kappa shape index (κ1) is 8.53. The van der Waals surface area contributed by atoms with Gasteiger partial charge in [-0.25, -0.2) is 0 Å². The molecule has 1 aliphatic rings. The van der Waals surface area contributed by atoms with Gasteiger partial charge in [0, 0.05) is 25.6 Å². The largest absolute Gasteiger partial charge is 0.341 e. The summed E-state index contributed by atoms with van der Waals surface area (Å²) in [6, 6.07) is 0. The van der Waals surface area contributed by atoms with E-state index in [0.29, 0.717) is 6.54 Å². The number of carbonyl (C=O) groups excluding carboxylic acids is 1. The van der Waals surface area contributed by atoms with Crippen LogP contribution in [0, 0.1) is 5.92 Å². The summed E-state index contributed by atoms with van der Waals surface area (Å²) in [7, 11) is 0. The molecule has 0 saturated carbocycles. The maximum atomic E-state index is 11.4. The summed E-state index contributed by atoms with van der Waals surface area (Å²) >= 11 is 0. The van der Waals surface area contributed by atoms with Gasteiger partial charge in [-0.3, -0.25) is 4.79 Å². The quantitative estimate of drug-likeness (QED) is 0.621. The third-order valence-corrected chi connectivity index (χ3v) is 2.20. The zero-order chi connectivity index (χ0) is 8.27. The van der Waals surface area contributed by atoms with E-state index < -0.39 is 0 Å². The topological polar surface area (TPSA) is 46.3 Å². The maximum absolute atomic E-state index is 11.4. The Bertz CT molecular complexity index is 145. The predicted molar refractivity (Wildman–Crippen MR) is 44.0 cm³/mol. The van der Waals surface area contributed by atoms with Gasteiger partial charge >= 0.3 is 0 Å². The van der Waals surface area contributed by atoms with Crippen molar-refractivity contribution in [2.75, 3.05) is 19.6 Å². The minimum Gasteiger partial charge on any atom is -0.341 e. The Labute approximate surface area is 67.5 Å². The number of likely N-dealkylation sites (tertiary alicyclic amines) is 1. The fourth-order valence-corrected chi connectivity index (χ4v) is 1.51. The average molecular weight is 156 g/mol. The second-order valence-corrected chi connectivity index (χ2v) is 3.16. The monoisotopic (exact) mass is 156 g/mol. The van der Waals surface area contributed by atoms with E-state index in [2.05, 4.69) is 0 Å². The highest BCUT2D eigenvalue weighted by Gasteiger charge is 2.23. The van der Waals surface area contributed by atoms with Gasteiger partial charge in [0.05, 0.1) is 0 Å². The summed E-state index contributed by atoms with van der Waals surface area (Å²) in [6.45, 7) is 4.20. The molecule has 0 aromatic carbocycles. The van der Waals surface area contributed by atoms with Crippen LogP contribution in [0.5, 0.6) is 0 Å². The number of nitrogens with zero attached hydrogens (tertiary/aromatic N) is 1. The van der Waals surface area contributed by atoms with Gasteiger partial charge in [0.15, 0.2) is 0 Å². The van der Waals surface area contributed by atoms with E-state index >= 15 is 0 Å². The van der Waals surface area contributed by atoms with Crippen molar-refractivity contribution in [3.63, 3.8) is 0 Å². The standard InChI is InChI=1S/C8H16N2O/c1-7-3-2-5-10(6-4-9)8(7)11/h7H,2-6,9H2,1H3/t7-/m1/s1. The van der Waals surface area contributed by atoms with Gasteiger partial charge in [-0.1, -0.05) is 6.92 Å². The smallest absolute Gasteiger partial charge is 0.225 e. The third kappa shape index (κ3) is 1.93. The molecule has 1 amide bonds. The molecule has 0 spiro atoms. The van der Waals surface area contributed by atoms with Crippen LogP contribution < -0.4 is 5.73 Å². The summed E-state index contributed by atoms with van der Waals surface area (Å²) in [5.41, 5.74) is 5.37. The molecule has 1 fully saturated rings. The normalized spacial score (nSPS) is 25.8. The fraction of sp³-hybridized carbons (Fsp3) is 0.875. The molecule has 0 aromatic rings. The van der Waals surface area contributed by atoms with Crippen LogP contribution >= 0.6 is 0 Å². The van der Waals surface area contributed by atoms with Crippen molar-refractivity contribution >= 4 is 5.91 Å². The zero-order valence-corrected chi connectivity index (χ0v) is 7.05. The highest BCUT2D eigenvalue weighted by atomic mass is 16.2. The van der Waals surface area contributed by atoms with E-state index in [9.17, 15) is 4.79 Å². The molecule has 1 atom stereocenters. The molecule has 64 valence electrons. The van der Waals surface area contributed by atoms with Gasteiger partial charge < -0.3 is 10.6 Å². The molecule has 1 rings (SSSR count). The molecule has 1 aliphatic heterocycles. The molecule has 0 unspecified atom stereocenters. The first-order valence-corrected chi connectivity index (χ1v) is 4.24. The zero-order valence-electron chi connectivity index (χ0n) is 7.05. The molecule has 0 aromatic heterocycles. The van der Waals surface area contributed by atoms with Crippen LogP contribution in [0.4, 0.5) is 0 Å². The molecular formula is C8H16N2O. The summed E-state index contributed by atoms with van der Waals surface area (Å²) in [6.07, 6.45) is 2.17. The Morgan fingerprint density at radius 3 is 3.09 bits per heavy atom. The third-order valence-electron chi connectivity index (χ3n) is 2.20. The van der Waals surface area contributed by atoms with Crippen molar-refractivity contribution in [1.82, 2.24) is 4.90 Å². The lowest BCUT2D eigenvalue weighted by molar-refractivity contribution is -0.137. The van der Waals surface area contributed by atoms with Crippen LogP contribution in [-0.4, -0.2) is 30.4 Å². The average Bonchev–Trinajstić information content (AvgIpc) is 1.99. The Morgan fingerprint density at radius 1 is 1.73 bits per heavy atom. The van der Waals surface area contributed by atoms with Gasteiger partial charge in [0.1, 0.15) is 0 Å². The van der Waals surface area contributed by atoms with Gasteiger partial charge in [-0.15, -0.1) is 0 Å². The Kier molecular flexibility index (Phi) is 2.88. The lowest BCUT2D eigenvalue weighted by Crippen LogP contribution is -2.42. The molecule has 2 N–H and O–H groups in total. The van der Waals surface area contributed by atoms with Gasteiger partial charge in [-0.05, 0) is 12.8 Å². The van der Waals surface area contributed by atoms with Crippen molar-refractivity contribution in [3.05, 3.63) is 0 Å². The number of hydrogen-bond donors (Lipinski definition) is 1. The molecule has 3 nitrogen and oxygen atoms in total. The second kappa shape index (κ2) is 3.72. The first-order chi connectivity index (χ1) is 5.25. The number of carbonyl (C=O) groups is 1. The SMILES string of the molecule is C[C@@H]1CCCN(CCN)C1=O. The molecule has 11 heavy (non-hydrogen) atoms. The van der Waals surface area contributed by atoms with Gasteiger partial charge in [0.2, 0.25) is 5.91 Å². The van der Waals surface area contributed by atoms with Crippen LogP contribution in [0.3, 0.4) is 0 Å². The van der Waals surface area contributed by atoms with Crippen molar-refractivity contribution in [1.29, 1.82) is 0 Å². The fourth-order valence-electron chi connectivity index (χ4n) is 1.51. The van der Waals surface area contributed by atoms with E-state index in [1.54, 1.807) is 0 Å². The number of amides is 1. The van der Waals surface area contributed by atoms with E-state index in [0.717, 1.165) is 25.9 Å². The van der Waals surface area contributed by atoms with Gasteiger partial charge in [0.25, 0.3) is 0 Å². The summed E-state index contributed by atoms with van der Waals surface area (Å²) in [5.74, 6) is 0.497. The van der Waals surface area contributed by atoms with E-state index in [4.69, 9.17) is 5.73 Å². The van der Waals surface area contributed by atoms with Crippen molar-refractivity contribution in [3.8, 4) is 0 Å². The number of hydrogen-bond acceptors (Lipinski definition) is 2. The highest BCUT2D eigenvalue weighted by molar-refractivity contribution is 5.79. The van der Waals surface area contributed by atoms with E-state index in [-0.39, 0.29) is 11.8 Å². The number of piperidine rings is 1. The Hall–Kier alpha value is -0.570. The predicted octanol–water partition coefficient (Wildman–Crippen LogP) is 0.204.